The molecule has 1 aromatic rings. The Bertz CT molecular complexity index is 486. The van der Waals surface area contributed by atoms with Gasteiger partial charge in [-0.3, -0.25) is 9.59 Å². The molecule has 21 heavy (non-hydrogen) atoms. The third-order valence-corrected chi connectivity index (χ3v) is 2.99. The summed E-state index contributed by atoms with van der Waals surface area (Å²) in [7, 11) is 0. The minimum absolute atomic E-state index is 0.0414. The Kier molecular flexibility index (Phi) is 6.00. The van der Waals surface area contributed by atoms with Crippen molar-refractivity contribution < 1.29 is 14.0 Å². The zero-order chi connectivity index (χ0) is 16.0. The van der Waals surface area contributed by atoms with Gasteiger partial charge in [-0.1, -0.05) is 6.92 Å². The van der Waals surface area contributed by atoms with Gasteiger partial charge in [0.1, 0.15) is 5.76 Å². The summed E-state index contributed by atoms with van der Waals surface area (Å²) in [6, 6.07) is 1.68. The molecule has 118 valence electrons. The summed E-state index contributed by atoms with van der Waals surface area (Å²) in [5, 5.41) is 2.91. The molecule has 0 saturated heterocycles. The molecule has 0 spiro atoms. The number of amides is 2. The van der Waals surface area contributed by atoms with E-state index in [9.17, 15) is 9.59 Å². The first kappa shape index (κ1) is 17.3. The molecule has 0 fully saturated rings. The molecule has 1 rings (SSSR count). The lowest BCUT2D eigenvalue weighted by Crippen LogP contribution is -2.42. The van der Waals surface area contributed by atoms with Gasteiger partial charge in [-0.15, -0.1) is 0 Å². The zero-order valence-electron chi connectivity index (χ0n) is 13.7. The highest BCUT2D eigenvalue weighted by atomic mass is 16.3. The van der Waals surface area contributed by atoms with Crippen LogP contribution in [0.4, 0.5) is 0 Å². The van der Waals surface area contributed by atoms with E-state index in [4.69, 9.17) is 4.42 Å². The molecular weight excluding hydrogens is 268 g/mol. The van der Waals surface area contributed by atoms with Gasteiger partial charge in [-0.2, -0.15) is 0 Å². The molecule has 0 aliphatic heterocycles. The van der Waals surface area contributed by atoms with E-state index in [1.807, 2.05) is 27.7 Å². The first-order chi connectivity index (χ1) is 9.74. The monoisotopic (exact) mass is 294 g/mol. The third kappa shape index (κ3) is 5.61. The fraction of sp³-hybridized carbons (Fsp3) is 0.625. The van der Waals surface area contributed by atoms with Gasteiger partial charge in [0, 0.05) is 25.0 Å². The van der Waals surface area contributed by atoms with Gasteiger partial charge in [0.15, 0.2) is 0 Å². The van der Waals surface area contributed by atoms with Crippen LogP contribution in [-0.2, 0) is 4.79 Å². The molecule has 0 atom stereocenters. The number of hydrogen-bond donors (Lipinski definition) is 1. The molecule has 0 radical (unpaired) electrons. The number of rotatable bonds is 6. The maximum absolute atomic E-state index is 12.4. The Balaban J connectivity index is 2.64. The SMILES string of the molecule is CCCN(CCC(=O)NC(C)(C)C)C(=O)c1ccoc1C. The van der Waals surface area contributed by atoms with Crippen LogP contribution in [0.3, 0.4) is 0 Å². The van der Waals surface area contributed by atoms with E-state index in [1.54, 1.807) is 17.9 Å². The second-order valence-electron chi connectivity index (χ2n) is 6.23. The van der Waals surface area contributed by atoms with Gasteiger partial charge in [0.25, 0.3) is 5.91 Å². The van der Waals surface area contributed by atoms with Crippen LogP contribution < -0.4 is 5.32 Å². The summed E-state index contributed by atoms with van der Waals surface area (Å²) < 4.78 is 5.18. The number of nitrogens with one attached hydrogen (secondary N) is 1. The van der Waals surface area contributed by atoms with E-state index in [0.29, 0.717) is 30.8 Å². The third-order valence-electron chi connectivity index (χ3n) is 2.99. The molecule has 5 heteroatoms. The molecule has 5 nitrogen and oxygen atoms in total. The molecule has 1 heterocycles. The Morgan fingerprint density at radius 2 is 1.95 bits per heavy atom. The van der Waals surface area contributed by atoms with Crippen LogP contribution in [0.25, 0.3) is 0 Å². The fourth-order valence-electron chi connectivity index (χ4n) is 2.08. The van der Waals surface area contributed by atoms with Gasteiger partial charge in [-0.25, -0.2) is 0 Å². The van der Waals surface area contributed by atoms with Crippen LogP contribution in [0, 0.1) is 6.92 Å². The number of aryl methyl sites for hydroxylation is 1. The summed E-state index contributed by atoms with van der Waals surface area (Å²) >= 11 is 0. The van der Waals surface area contributed by atoms with Crippen LogP contribution >= 0.6 is 0 Å². The van der Waals surface area contributed by atoms with Gasteiger partial charge in [-0.05, 0) is 40.2 Å². The standard InChI is InChI=1S/C16H26N2O3/c1-6-9-18(10-7-14(19)17-16(3,4)5)15(20)13-8-11-21-12(13)2/h8,11H,6-7,9-10H2,1-5H3,(H,17,19). The van der Waals surface area contributed by atoms with Crippen LogP contribution in [0.1, 0.15) is 56.7 Å². The summed E-state index contributed by atoms with van der Waals surface area (Å²) in [6.07, 6.45) is 2.67. The zero-order valence-corrected chi connectivity index (χ0v) is 13.7. The number of nitrogens with zero attached hydrogens (tertiary/aromatic N) is 1. The number of hydrogen-bond acceptors (Lipinski definition) is 3. The fourth-order valence-corrected chi connectivity index (χ4v) is 2.08. The maximum Gasteiger partial charge on any atom is 0.257 e. The summed E-state index contributed by atoms with van der Waals surface area (Å²) in [4.78, 5) is 26.0. The predicted octanol–water partition coefficient (Wildman–Crippen LogP) is 2.75. The second-order valence-corrected chi connectivity index (χ2v) is 6.23. The van der Waals surface area contributed by atoms with Crippen LogP contribution in [0.2, 0.25) is 0 Å². The normalized spacial score (nSPS) is 11.3. The Morgan fingerprint density at radius 1 is 1.29 bits per heavy atom. The lowest BCUT2D eigenvalue weighted by molar-refractivity contribution is -0.122. The average Bonchev–Trinajstić information content (AvgIpc) is 2.77. The van der Waals surface area contributed by atoms with E-state index in [-0.39, 0.29) is 17.4 Å². The quantitative estimate of drug-likeness (QED) is 0.877. The molecule has 0 aliphatic rings. The van der Waals surface area contributed by atoms with Crippen molar-refractivity contribution in [2.45, 2.75) is 53.0 Å². The number of furan rings is 1. The van der Waals surface area contributed by atoms with E-state index in [2.05, 4.69) is 5.32 Å². The highest BCUT2D eigenvalue weighted by Gasteiger charge is 2.20. The largest absolute Gasteiger partial charge is 0.469 e. The van der Waals surface area contributed by atoms with Crippen LogP contribution in [-0.4, -0.2) is 35.3 Å². The Hall–Kier alpha value is -1.78. The minimum Gasteiger partial charge on any atom is -0.469 e. The molecule has 0 aromatic carbocycles. The Morgan fingerprint density at radius 3 is 2.43 bits per heavy atom. The smallest absolute Gasteiger partial charge is 0.257 e. The molecule has 0 bridgehead atoms. The summed E-state index contributed by atoms with van der Waals surface area (Å²) in [5.41, 5.74) is 0.317. The van der Waals surface area contributed by atoms with Crippen molar-refractivity contribution in [3.63, 3.8) is 0 Å². The molecular formula is C16H26N2O3. The number of carbonyl (C=O) groups is 2. The van der Waals surface area contributed by atoms with E-state index < -0.39 is 0 Å². The lowest BCUT2D eigenvalue weighted by Gasteiger charge is -2.24. The molecule has 0 unspecified atom stereocenters. The second kappa shape index (κ2) is 7.29. The highest BCUT2D eigenvalue weighted by molar-refractivity contribution is 5.95. The van der Waals surface area contributed by atoms with E-state index in [1.165, 1.54) is 6.26 Å². The van der Waals surface area contributed by atoms with Crippen molar-refractivity contribution in [1.82, 2.24) is 10.2 Å². The van der Waals surface area contributed by atoms with Gasteiger partial charge >= 0.3 is 0 Å². The van der Waals surface area contributed by atoms with Crippen molar-refractivity contribution in [1.29, 1.82) is 0 Å². The molecule has 2 amide bonds. The van der Waals surface area contributed by atoms with E-state index in [0.717, 1.165) is 6.42 Å². The molecule has 1 N–H and O–H groups in total. The Labute approximate surface area is 126 Å². The average molecular weight is 294 g/mol. The number of carbonyl (C=O) groups excluding carboxylic acids is 2. The predicted molar refractivity (Wildman–Crippen MR) is 82.2 cm³/mol. The van der Waals surface area contributed by atoms with Crippen molar-refractivity contribution in [3.8, 4) is 0 Å². The van der Waals surface area contributed by atoms with Gasteiger partial charge < -0.3 is 14.6 Å². The van der Waals surface area contributed by atoms with Crippen LogP contribution in [0.15, 0.2) is 16.7 Å². The molecule has 0 saturated carbocycles. The first-order valence-corrected chi connectivity index (χ1v) is 7.39. The highest BCUT2D eigenvalue weighted by Crippen LogP contribution is 2.13. The molecule has 0 aliphatic carbocycles. The van der Waals surface area contributed by atoms with Crippen LogP contribution in [0.5, 0.6) is 0 Å². The van der Waals surface area contributed by atoms with Crippen molar-refractivity contribution in [2.75, 3.05) is 13.1 Å². The van der Waals surface area contributed by atoms with Gasteiger partial charge in [0.2, 0.25) is 5.91 Å². The summed E-state index contributed by atoms with van der Waals surface area (Å²) in [6.45, 7) is 10.6. The first-order valence-electron chi connectivity index (χ1n) is 7.39. The minimum atomic E-state index is -0.252. The van der Waals surface area contributed by atoms with Crippen molar-refractivity contribution in [2.24, 2.45) is 0 Å². The van der Waals surface area contributed by atoms with E-state index >= 15 is 0 Å². The summed E-state index contributed by atoms with van der Waals surface area (Å²) in [5.74, 6) is 0.493. The van der Waals surface area contributed by atoms with Gasteiger partial charge in [0.05, 0.1) is 11.8 Å². The topological polar surface area (TPSA) is 62.6 Å². The lowest BCUT2D eigenvalue weighted by atomic mass is 10.1. The molecule has 1 aromatic heterocycles. The van der Waals surface area contributed by atoms with Crippen molar-refractivity contribution in [3.05, 3.63) is 23.7 Å². The van der Waals surface area contributed by atoms with Crippen molar-refractivity contribution >= 4 is 11.8 Å². The maximum atomic E-state index is 12.4.